The first kappa shape index (κ1) is 8.71. The number of hydrogen-bond donors (Lipinski definition) is 1. The fourth-order valence-electron chi connectivity index (χ4n) is 1.01. The fourth-order valence-corrected chi connectivity index (χ4v) is 1.01. The molecule has 0 spiro atoms. The molecule has 1 aliphatic rings. The molecule has 1 heterocycles. The monoisotopic (exact) mass is 158 g/mol. The van der Waals surface area contributed by atoms with E-state index in [4.69, 9.17) is 9.47 Å². The highest BCUT2D eigenvalue weighted by molar-refractivity contribution is 4.73. The molecule has 0 aliphatic carbocycles. The predicted molar refractivity (Wildman–Crippen MR) is 40.9 cm³/mol. The van der Waals surface area contributed by atoms with Gasteiger partial charge in [-0.3, -0.25) is 0 Å². The Morgan fingerprint density at radius 1 is 1.36 bits per heavy atom. The summed E-state index contributed by atoms with van der Waals surface area (Å²) >= 11 is 0. The van der Waals surface area contributed by atoms with Crippen LogP contribution >= 0.6 is 0 Å². The van der Waals surface area contributed by atoms with Crippen LogP contribution in [-0.2, 0) is 9.47 Å². The van der Waals surface area contributed by atoms with Crippen LogP contribution in [0.1, 0.15) is 19.3 Å². The molecule has 0 aromatic heterocycles. The average molecular weight is 158 g/mol. The van der Waals surface area contributed by atoms with Gasteiger partial charge in [0, 0.05) is 6.42 Å². The summed E-state index contributed by atoms with van der Waals surface area (Å²) in [4.78, 5) is 0. The largest absolute Gasteiger partial charge is 0.343 e. The second kappa shape index (κ2) is 3.85. The number of ether oxygens (including phenoxy) is 2. The highest BCUT2D eigenvalue weighted by atomic mass is 16.8. The van der Waals surface area contributed by atoms with Crippen molar-refractivity contribution in [3.05, 3.63) is 12.7 Å². The molecule has 0 bridgehead atoms. The lowest BCUT2D eigenvalue weighted by Gasteiger charge is -2.24. The van der Waals surface area contributed by atoms with Crippen molar-refractivity contribution >= 4 is 0 Å². The number of rotatable bonds is 2. The Bertz CT molecular complexity index is 125. The molecular formula is C8H14O3. The molecule has 11 heavy (non-hydrogen) atoms. The molecule has 64 valence electrons. The normalized spacial score (nSPS) is 24.1. The van der Waals surface area contributed by atoms with Crippen LogP contribution in [0, 0.1) is 0 Å². The molecule has 0 aromatic carbocycles. The van der Waals surface area contributed by atoms with E-state index in [1.54, 1.807) is 6.08 Å². The van der Waals surface area contributed by atoms with Gasteiger partial charge in [-0.15, -0.1) is 6.58 Å². The summed E-state index contributed by atoms with van der Waals surface area (Å²) in [5.74, 6) is -1.40. The van der Waals surface area contributed by atoms with E-state index in [-0.39, 0.29) is 0 Å². The minimum absolute atomic E-state index is 0.326. The van der Waals surface area contributed by atoms with E-state index >= 15 is 0 Å². The maximum atomic E-state index is 9.54. The van der Waals surface area contributed by atoms with Crippen molar-refractivity contribution in [3.63, 3.8) is 0 Å². The summed E-state index contributed by atoms with van der Waals surface area (Å²) < 4.78 is 10.2. The number of aliphatic hydroxyl groups is 1. The summed E-state index contributed by atoms with van der Waals surface area (Å²) in [5.41, 5.74) is 0. The first-order chi connectivity index (χ1) is 5.27. The molecule has 1 fully saturated rings. The van der Waals surface area contributed by atoms with Gasteiger partial charge in [-0.2, -0.15) is 0 Å². The van der Waals surface area contributed by atoms with Gasteiger partial charge in [0.25, 0.3) is 5.97 Å². The zero-order valence-electron chi connectivity index (χ0n) is 6.58. The third-order valence-electron chi connectivity index (χ3n) is 1.60. The third-order valence-corrected chi connectivity index (χ3v) is 1.60. The highest BCUT2D eigenvalue weighted by Gasteiger charge is 2.28. The van der Waals surface area contributed by atoms with Crippen molar-refractivity contribution in [2.45, 2.75) is 25.2 Å². The standard InChI is InChI=1S/C8H14O3/c1-2-5-8(9)10-6-3-4-7-11-8/h2,9H,1,3-7H2. The summed E-state index contributed by atoms with van der Waals surface area (Å²) in [6.45, 7) is 4.63. The molecule has 3 nitrogen and oxygen atoms in total. The molecule has 1 aliphatic heterocycles. The van der Waals surface area contributed by atoms with E-state index in [1.165, 1.54) is 0 Å². The van der Waals surface area contributed by atoms with E-state index in [0.717, 1.165) is 12.8 Å². The van der Waals surface area contributed by atoms with Crippen LogP contribution in [0.2, 0.25) is 0 Å². The predicted octanol–water partition coefficient (Wildman–Crippen LogP) is 1.04. The van der Waals surface area contributed by atoms with Gasteiger partial charge in [-0.05, 0) is 12.8 Å². The molecule has 0 radical (unpaired) electrons. The van der Waals surface area contributed by atoms with Gasteiger partial charge in [0.05, 0.1) is 13.2 Å². The zero-order valence-corrected chi connectivity index (χ0v) is 6.58. The van der Waals surface area contributed by atoms with E-state index in [1.807, 2.05) is 0 Å². The van der Waals surface area contributed by atoms with Gasteiger partial charge in [0.15, 0.2) is 0 Å². The van der Waals surface area contributed by atoms with Gasteiger partial charge < -0.3 is 14.6 Å². The first-order valence-electron chi connectivity index (χ1n) is 3.88. The van der Waals surface area contributed by atoms with Crippen LogP contribution in [0.15, 0.2) is 12.7 Å². The molecule has 1 rings (SSSR count). The average Bonchev–Trinajstić information content (AvgIpc) is 2.15. The molecule has 0 unspecified atom stereocenters. The van der Waals surface area contributed by atoms with Crippen molar-refractivity contribution < 1.29 is 14.6 Å². The number of hydrogen-bond acceptors (Lipinski definition) is 3. The molecule has 3 heteroatoms. The summed E-state index contributed by atoms with van der Waals surface area (Å²) in [5, 5.41) is 9.54. The van der Waals surface area contributed by atoms with Gasteiger partial charge in [-0.25, -0.2) is 0 Å². The lowest BCUT2D eigenvalue weighted by molar-refractivity contribution is -0.349. The van der Waals surface area contributed by atoms with Crippen LogP contribution < -0.4 is 0 Å². The summed E-state index contributed by atoms with van der Waals surface area (Å²) in [7, 11) is 0. The minimum Gasteiger partial charge on any atom is -0.343 e. The minimum atomic E-state index is -1.40. The van der Waals surface area contributed by atoms with Crippen molar-refractivity contribution in [1.82, 2.24) is 0 Å². The van der Waals surface area contributed by atoms with Crippen LogP contribution in [0.4, 0.5) is 0 Å². The Labute approximate surface area is 66.6 Å². The Kier molecular flexibility index (Phi) is 3.05. The summed E-state index contributed by atoms with van der Waals surface area (Å²) in [6.07, 6.45) is 3.80. The molecule has 0 atom stereocenters. The SMILES string of the molecule is C=CCC1(O)OCCCCO1. The second-order valence-corrected chi connectivity index (χ2v) is 2.61. The van der Waals surface area contributed by atoms with Crippen LogP contribution in [-0.4, -0.2) is 24.3 Å². The van der Waals surface area contributed by atoms with Crippen molar-refractivity contribution in [2.24, 2.45) is 0 Å². The van der Waals surface area contributed by atoms with Crippen LogP contribution in [0.3, 0.4) is 0 Å². The van der Waals surface area contributed by atoms with E-state index in [9.17, 15) is 5.11 Å². The van der Waals surface area contributed by atoms with Crippen LogP contribution in [0.5, 0.6) is 0 Å². The molecule has 1 N–H and O–H groups in total. The quantitative estimate of drug-likeness (QED) is 0.610. The van der Waals surface area contributed by atoms with Crippen molar-refractivity contribution in [3.8, 4) is 0 Å². The van der Waals surface area contributed by atoms with Crippen molar-refractivity contribution in [2.75, 3.05) is 13.2 Å². The topological polar surface area (TPSA) is 38.7 Å². The third kappa shape index (κ3) is 2.61. The molecule has 0 saturated carbocycles. The molecule has 1 saturated heterocycles. The summed E-state index contributed by atoms with van der Waals surface area (Å²) in [6, 6.07) is 0. The van der Waals surface area contributed by atoms with Gasteiger partial charge in [-0.1, -0.05) is 6.08 Å². The Hall–Kier alpha value is -0.380. The smallest absolute Gasteiger partial charge is 0.283 e. The molecule has 0 aromatic rings. The lowest BCUT2D eigenvalue weighted by Crippen LogP contribution is -2.34. The Morgan fingerprint density at radius 2 is 1.91 bits per heavy atom. The highest BCUT2D eigenvalue weighted by Crippen LogP contribution is 2.18. The Morgan fingerprint density at radius 3 is 2.36 bits per heavy atom. The van der Waals surface area contributed by atoms with Gasteiger partial charge in [0.2, 0.25) is 0 Å². The maximum absolute atomic E-state index is 9.54. The van der Waals surface area contributed by atoms with Gasteiger partial charge in [0.1, 0.15) is 0 Å². The van der Waals surface area contributed by atoms with Gasteiger partial charge >= 0.3 is 0 Å². The van der Waals surface area contributed by atoms with E-state index in [0.29, 0.717) is 19.6 Å². The lowest BCUT2D eigenvalue weighted by atomic mass is 10.3. The first-order valence-corrected chi connectivity index (χ1v) is 3.88. The van der Waals surface area contributed by atoms with E-state index in [2.05, 4.69) is 6.58 Å². The maximum Gasteiger partial charge on any atom is 0.283 e. The Balaban J connectivity index is 2.44. The van der Waals surface area contributed by atoms with Crippen molar-refractivity contribution in [1.29, 1.82) is 0 Å². The zero-order chi connectivity index (χ0) is 8.16. The second-order valence-electron chi connectivity index (χ2n) is 2.61. The fraction of sp³-hybridized carbons (Fsp3) is 0.750. The van der Waals surface area contributed by atoms with E-state index < -0.39 is 5.97 Å². The van der Waals surface area contributed by atoms with Crippen LogP contribution in [0.25, 0.3) is 0 Å². The molecular weight excluding hydrogens is 144 g/mol. The molecule has 0 amide bonds.